The monoisotopic (exact) mass is 291 g/mol. The van der Waals surface area contributed by atoms with Crippen LogP contribution in [-0.2, 0) is 21.4 Å². The van der Waals surface area contributed by atoms with Gasteiger partial charge in [0.2, 0.25) is 0 Å². The second-order valence-electron chi connectivity index (χ2n) is 4.54. The van der Waals surface area contributed by atoms with Gasteiger partial charge in [0.05, 0.1) is 19.3 Å². The molecule has 0 atom stereocenters. The van der Waals surface area contributed by atoms with Crippen molar-refractivity contribution < 1.29 is 18.3 Å². The van der Waals surface area contributed by atoms with Crippen LogP contribution in [0.5, 0.6) is 0 Å². The van der Waals surface area contributed by atoms with E-state index in [9.17, 15) is 13.5 Å². The minimum absolute atomic E-state index is 0.0525. The number of hydrogen-bond acceptors (Lipinski definition) is 5. The average molecular weight is 291 g/mol. The molecule has 0 radical (unpaired) electrons. The van der Waals surface area contributed by atoms with E-state index in [2.05, 4.69) is 10.2 Å². The first-order chi connectivity index (χ1) is 8.80. The average Bonchev–Trinajstić information content (AvgIpc) is 2.70. The minimum atomic E-state index is -3.71. The SMILES string of the molecule is Cc1[nH]nc(S(=O)(=O)N(C)CCOC(C)C)c1CO. The van der Waals surface area contributed by atoms with Crippen molar-refractivity contribution in [1.82, 2.24) is 14.5 Å². The summed E-state index contributed by atoms with van der Waals surface area (Å²) in [5.41, 5.74) is 0.851. The van der Waals surface area contributed by atoms with Crippen LogP contribution < -0.4 is 0 Å². The fourth-order valence-corrected chi connectivity index (χ4v) is 2.81. The number of ether oxygens (including phenoxy) is 1. The van der Waals surface area contributed by atoms with Gasteiger partial charge in [-0.1, -0.05) is 0 Å². The highest BCUT2D eigenvalue weighted by atomic mass is 32.2. The summed E-state index contributed by atoms with van der Waals surface area (Å²) >= 11 is 0. The Kier molecular flexibility index (Phi) is 5.48. The lowest BCUT2D eigenvalue weighted by atomic mass is 10.3. The topological polar surface area (TPSA) is 95.5 Å². The summed E-state index contributed by atoms with van der Waals surface area (Å²) in [7, 11) is -2.25. The summed E-state index contributed by atoms with van der Waals surface area (Å²) < 4.78 is 31.0. The second-order valence-corrected chi connectivity index (χ2v) is 6.50. The number of nitrogens with one attached hydrogen (secondary N) is 1. The Bertz CT molecular complexity index is 510. The van der Waals surface area contributed by atoms with Gasteiger partial charge in [-0.2, -0.15) is 9.40 Å². The molecule has 1 heterocycles. The Morgan fingerprint density at radius 3 is 2.63 bits per heavy atom. The van der Waals surface area contributed by atoms with Gasteiger partial charge in [-0.3, -0.25) is 5.10 Å². The fraction of sp³-hybridized carbons (Fsp3) is 0.727. The summed E-state index contributed by atoms with van der Waals surface area (Å²) in [5, 5.41) is 15.4. The zero-order chi connectivity index (χ0) is 14.6. The third-order valence-electron chi connectivity index (χ3n) is 2.71. The van der Waals surface area contributed by atoms with Gasteiger partial charge < -0.3 is 9.84 Å². The van der Waals surface area contributed by atoms with Gasteiger partial charge in [-0.15, -0.1) is 0 Å². The largest absolute Gasteiger partial charge is 0.392 e. The number of aliphatic hydroxyl groups is 1. The Labute approximate surface area is 113 Å². The van der Waals surface area contributed by atoms with Gasteiger partial charge in [-0.25, -0.2) is 8.42 Å². The fourth-order valence-electron chi connectivity index (χ4n) is 1.51. The van der Waals surface area contributed by atoms with Crippen LogP contribution in [0.3, 0.4) is 0 Å². The number of likely N-dealkylation sites (N-methyl/N-ethyl adjacent to an activating group) is 1. The number of aliphatic hydroxyl groups excluding tert-OH is 1. The molecule has 0 bridgehead atoms. The molecule has 0 fully saturated rings. The van der Waals surface area contributed by atoms with Gasteiger partial charge in [0.25, 0.3) is 10.0 Å². The Hall–Kier alpha value is -0.960. The van der Waals surface area contributed by atoms with Crippen LogP contribution in [0.15, 0.2) is 5.03 Å². The Balaban J connectivity index is 2.85. The molecule has 1 aromatic rings. The number of nitrogens with zero attached hydrogens (tertiary/aromatic N) is 2. The molecule has 7 nitrogen and oxygen atoms in total. The van der Waals surface area contributed by atoms with Crippen molar-refractivity contribution in [2.45, 2.75) is 38.5 Å². The number of aryl methyl sites for hydroxylation is 1. The third-order valence-corrected chi connectivity index (χ3v) is 4.54. The number of sulfonamides is 1. The lowest BCUT2D eigenvalue weighted by molar-refractivity contribution is 0.0736. The van der Waals surface area contributed by atoms with Crippen molar-refractivity contribution in [3.05, 3.63) is 11.3 Å². The first kappa shape index (κ1) is 16.1. The van der Waals surface area contributed by atoms with Crippen molar-refractivity contribution in [3.8, 4) is 0 Å². The van der Waals surface area contributed by atoms with Crippen LogP contribution in [0.1, 0.15) is 25.1 Å². The molecule has 0 saturated heterocycles. The van der Waals surface area contributed by atoms with E-state index in [1.807, 2.05) is 13.8 Å². The normalized spacial score (nSPS) is 12.6. The molecule has 0 amide bonds. The van der Waals surface area contributed by atoms with Crippen LogP contribution in [0.25, 0.3) is 0 Å². The highest BCUT2D eigenvalue weighted by molar-refractivity contribution is 7.89. The van der Waals surface area contributed by atoms with Crippen LogP contribution >= 0.6 is 0 Å². The third kappa shape index (κ3) is 3.75. The number of rotatable bonds is 7. The molecule has 1 rings (SSSR count). The predicted molar refractivity (Wildman–Crippen MR) is 70.2 cm³/mol. The molecule has 110 valence electrons. The molecule has 0 aromatic carbocycles. The summed E-state index contributed by atoms with van der Waals surface area (Å²) in [6.07, 6.45) is 0.0525. The lowest BCUT2D eigenvalue weighted by Crippen LogP contribution is -2.31. The zero-order valence-electron chi connectivity index (χ0n) is 11.7. The maximum absolute atomic E-state index is 12.3. The first-order valence-electron chi connectivity index (χ1n) is 6.03. The molecule has 0 spiro atoms. The van der Waals surface area contributed by atoms with E-state index in [0.717, 1.165) is 0 Å². The van der Waals surface area contributed by atoms with E-state index in [4.69, 9.17) is 4.74 Å². The lowest BCUT2D eigenvalue weighted by Gasteiger charge is -2.17. The molecule has 0 aliphatic carbocycles. The first-order valence-corrected chi connectivity index (χ1v) is 7.47. The van der Waals surface area contributed by atoms with Crippen LogP contribution in [-0.4, -0.2) is 54.3 Å². The zero-order valence-corrected chi connectivity index (χ0v) is 12.5. The van der Waals surface area contributed by atoms with E-state index >= 15 is 0 Å². The summed E-state index contributed by atoms with van der Waals surface area (Å²) in [5.74, 6) is 0. The Morgan fingerprint density at radius 2 is 2.11 bits per heavy atom. The quantitative estimate of drug-likeness (QED) is 0.751. The molecule has 19 heavy (non-hydrogen) atoms. The molecule has 0 aliphatic heterocycles. The van der Waals surface area contributed by atoms with Gasteiger partial charge in [0.15, 0.2) is 5.03 Å². The van der Waals surface area contributed by atoms with Crippen molar-refractivity contribution in [1.29, 1.82) is 0 Å². The van der Waals surface area contributed by atoms with E-state index in [1.54, 1.807) is 6.92 Å². The molecular weight excluding hydrogens is 270 g/mol. The molecule has 0 saturated carbocycles. The maximum atomic E-state index is 12.3. The maximum Gasteiger partial charge on any atom is 0.262 e. The van der Waals surface area contributed by atoms with Crippen LogP contribution in [0, 0.1) is 6.92 Å². The van der Waals surface area contributed by atoms with Gasteiger partial charge in [0.1, 0.15) is 0 Å². The van der Waals surface area contributed by atoms with Crippen molar-refractivity contribution in [3.63, 3.8) is 0 Å². The predicted octanol–water partition coefficient (Wildman–Crippen LogP) is 0.256. The number of aromatic amines is 1. The van der Waals surface area contributed by atoms with Crippen molar-refractivity contribution >= 4 is 10.0 Å². The number of hydrogen-bond donors (Lipinski definition) is 2. The van der Waals surface area contributed by atoms with Crippen molar-refractivity contribution in [2.24, 2.45) is 0 Å². The highest BCUT2D eigenvalue weighted by Gasteiger charge is 2.27. The highest BCUT2D eigenvalue weighted by Crippen LogP contribution is 2.19. The summed E-state index contributed by atoms with van der Waals surface area (Å²) in [4.78, 5) is 0. The van der Waals surface area contributed by atoms with E-state index < -0.39 is 10.0 Å². The molecule has 0 aliphatic rings. The minimum Gasteiger partial charge on any atom is -0.392 e. The Morgan fingerprint density at radius 1 is 1.47 bits per heavy atom. The van der Waals surface area contributed by atoms with E-state index in [1.165, 1.54) is 11.4 Å². The summed E-state index contributed by atoms with van der Waals surface area (Å²) in [6.45, 7) is 5.61. The van der Waals surface area contributed by atoms with Crippen LogP contribution in [0.2, 0.25) is 0 Å². The molecule has 2 N–H and O–H groups in total. The van der Waals surface area contributed by atoms with Crippen LogP contribution in [0.4, 0.5) is 0 Å². The number of H-pyrrole nitrogens is 1. The molecule has 1 aromatic heterocycles. The van der Waals surface area contributed by atoms with Gasteiger partial charge in [-0.05, 0) is 20.8 Å². The van der Waals surface area contributed by atoms with E-state index in [-0.39, 0.29) is 24.3 Å². The molecular formula is C11H21N3O4S. The smallest absolute Gasteiger partial charge is 0.262 e. The second kappa shape index (κ2) is 6.47. The van der Waals surface area contributed by atoms with E-state index in [0.29, 0.717) is 17.9 Å². The number of aromatic nitrogens is 2. The summed E-state index contributed by atoms with van der Waals surface area (Å²) in [6, 6.07) is 0. The standard InChI is InChI=1S/C11H21N3O4S/c1-8(2)18-6-5-14(4)19(16,17)11-10(7-15)9(3)12-13-11/h8,15H,5-7H2,1-4H3,(H,12,13). The van der Waals surface area contributed by atoms with Crippen molar-refractivity contribution in [2.75, 3.05) is 20.2 Å². The van der Waals surface area contributed by atoms with Gasteiger partial charge >= 0.3 is 0 Å². The molecule has 0 unspecified atom stereocenters. The molecule has 8 heteroatoms. The van der Waals surface area contributed by atoms with Gasteiger partial charge in [0, 0.05) is 24.8 Å².